The number of methoxy groups -OCH3 is 1. The SMILES string of the molecule is CC(=O)CC[C@H]1CCC1(C)C.CC[C@H]1C[C@@H](C(=O)OC)C1(C)C. The Morgan fingerprint density at radius 1 is 1.13 bits per heavy atom. The maximum Gasteiger partial charge on any atom is 0.309 e. The molecule has 23 heavy (non-hydrogen) atoms. The summed E-state index contributed by atoms with van der Waals surface area (Å²) in [6.45, 7) is 12.8. The monoisotopic (exact) mass is 324 g/mol. The van der Waals surface area contributed by atoms with Crippen LogP contribution in [0.5, 0.6) is 0 Å². The lowest BCUT2D eigenvalue weighted by Gasteiger charge is -2.50. The van der Waals surface area contributed by atoms with Gasteiger partial charge in [0.15, 0.2) is 0 Å². The minimum atomic E-state index is -0.0373. The molecule has 0 aromatic heterocycles. The summed E-state index contributed by atoms with van der Waals surface area (Å²) in [4.78, 5) is 21.9. The van der Waals surface area contributed by atoms with Crippen molar-refractivity contribution >= 4 is 11.8 Å². The van der Waals surface area contributed by atoms with E-state index in [4.69, 9.17) is 4.74 Å². The molecule has 0 spiro atoms. The van der Waals surface area contributed by atoms with Gasteiger partial charge < -0.3 is 9.53 Å². The van der Waals surface area contributed by atoms with Gasteiger partial charge in [-0.15, -0.1) is 0 Å². The van der Waals surface area contributed by atoms with Crippen LogP contribution >= 0.6 is 0 Å². The van der Waals surface area contributed by atoms with Crippen LogP contribution < -0.4 is 0 Å². The van der Waals surface area contributed by atoms with Gasteiger partial charge in [-0.25, -0.2) is 0 Å². The molecule has 0 unspecified atom stereocenters. The molecule has 2 aliphatic carbocycles. The highest BCUT2D eigenvalue weighted by atomic mass is 16.5. The molecule has 0 amide bonds. The highest BCUT2D eigenvalue weighted by Crippen LogP contribution is 2.53. The lowest BCUT2D eigenvalue weighted by Crippen LogP contribution is -2.48. The largest absolute Gasteiger partial charge is 0.469 e. The molecule has 3 nitrogen and oxygen atoms in total. The summed E-state index contributed by atoms with van der Waals surface area (Å²) >= 11 is 0. The quantitative estimate of drug-likeness (QED) is 0.667. The van der Waals surface area contributed by atoms with Gasteiger partial charge in [0.05, 0.1) is 13.0 Å². The second-order valence-corrected chi connectivity index (χ2v) is 8.70. The normalized spacial score (nSPS) is 30.1. The van der Waals surface area contributed by atoms with Crippen molar-refractivity contribution in [3.05, 3.63) is 0 Å². The number of hydrogen-bond acceptors (Lipinski definition) is 3. The number of hydrogen-bond donors (Lipinski definition) is 0. The molecule has 0 N–H and O–H groups in total. The number of Topliss-reactive ketones (excluding diaryl/α,β-unsaturated/α-hetero) is 1. The van der Waals surface area contributed by atoms with E-state index >= 15 is 0 Å². The third-order valence-corrected chi connectivity index (χ3v) is 6.54. The van der Waals surface area contributed by atoms with Crippen LogP contribution in [0.2, 0.25) is 0 Å². The standard InChI is InChI=1S/C10H18O2.C10H18O/c1-5-7-6-8(9(11)12-4)10(7,2)3;1-8(11)4-5-9-6-7-10(9,2)3/h7-8H,5-6H2,1-4H3;9H,4-7H2,1-3H3/t7-,8-;9-/m00/s1. The van der Waals surface area contributed by atoms with Crippen LogP contribution in [0.25, 0.3) is 0 Å². The maximum atomic E-state index is 11.2. The van der Waals surface area contributed by atoms with E-state index < -0.39 is 0 Å². The van der Waals surface area contributed by atoms with Gasteiger partial charge in [-0.1, -0.05) is 41.0 Å². The first kappa shape index (κ1) is 20.2. The van der Waals surface area contributed by atoms with E-state index in [0.717, 1.165) is 25.2 Å². The molecule has 134 valence electrons. The minimum absolute atomic E-state index is 0.0373. The Kier molecular flexibility index (Phi) is 6.85. The maximum absolute atomic E-state index is 11.2. The van der Waals surface area contributed by atoms with Gasteiger partial charge in [-0.2, -0.15) is 0 Å². The van der Waals surface area contributed by atoms with E-state index in [0.29, 0.717) is 17.1 Å². The molecule has 2 rings (SSSR count). The molecule has 3 heteroatoms. The van der Waals surface area contributed by atoms with Crippen LogP contribution in [-0.4, -0.2) is 18.9 Å². The number of carbonyl (C=O) groups excluding carboxylic acids is 2. The van der Waals surface area contributed by atoms with Crippen LogP contribution in [0, 0.1) is 28.6 Å². The molecular formula is C20H36O3. The average molecular weight is 325 g/mol. The molecule has 0 heterocycles. The summed E-state index contributed by atoms with van der Waals surface area (Å²) in [7, 11) is 1.47. The van der Waals surface area contributed by atoms with Crippen molar-refractivity contribution < 1.29 is 14.3 Å². The number of ether oxygens (including phenoxy) is 1. The van der Waals surface area contributed by atoms with E-state index in [1.54, 1.807) is 6.92 Å². The van der Waals surface area contributed by atoms with E-state index in [9.17, 15) is 9.59 Å². The van der Waals surface area contributed by atoms with Gasteiger partial charge >= 0.3 is 5.97 Å². The number of rotatable bonds is 5. The first-order valence-electron chi connectivity index (χ1n) is 9.13. The predicted octanol–water partition coefficient (Wildman–Crippen LogP) is 5.02. The molecular weight excluding hydrogens is 288 g/mol. The highest BCUT2D eigenvalue weighted by molar-refractivity contribution is 5.75. The first-order chi connectivity index (χ1) is 10.6. The van der Waals surface area contributed by atoms with Crippen LogP contribution in [-0.2, 0) is 14.3 Å². The summed E-state index contributed by atoms with van der Waals surface area (Å²) in [5, 5.41) is 0. The van der Waals surface area contributed by atoms with Crippen molar-refractivity contribution in [3.63, 3.8) is 0 Å². The summed E-state index contributed by atoms with van der Waals surface area (Å²) < 4.78 is 4.74. The molecule has 2 saturated carbocycles. The first-order valence-corrected chi connectivity index (χ1v) is 9.13. The molecule has 0 aliphatic heterocycles. The minimum Gasteiger partial charge on any atom is -0.469 e. The summed E-state index contributed by atoms with van der Waals surface area (Å²) in [6, 6.07) is 0. The zero-order valence-corrected chi connectivity index (χ0v) is 16.2. The molecule has 0 radical (unpaired) electrons. The fourth-order valence-corrected chi connectivity index (χ4v) is 4.09. The molecule has 2 fully saturated rings. The third-order valence-electron chi connectivity index (χ3n) is 6.54. The molecule has 3 atom stereocenters. The van der Waals surface area contributed by atoms with Gasteiger partial charge in [-0.3, -0.25) is 4.79 Å². The Morgan fingerprint density at radius 2 is 1.74 bits per heavy atom. The van der Waals surface area contributed by atoms with E-state index in [-0.39, 0.29) is 17.3 Å². The van der Waals surface area contributed by atoms with Crippen molar-refractivity contribution in [2.24, 2.45) is 28.6 Å². The van der Waals surface area contributed by atoms with Crippen molar-refractivity contribution in [1.82, 2.24) is 0 Å². The lowest BCUT2D eigenvalue weighted by molar-refractivity contribution is -0.162. The van der Waals surface area contributed by atoms with Gasteiger partial charge in [-0.05, 0) is 55.3 Å². The zero-order valence-electron chi connectivity index (χ0n) is 16.2. The van der Waals surface area contributed by atoms with Crippen LogP contribution in [0.1, 0.15) is 80.1 Å². The van der Waals surface area contributed by atoms with Gasteiger partial charge in [0, 0.05) is 6.42 Å². The van der Waals surface area contributed by atoms with Crippen LogP contribution in [0.4, 0.5) is 0 Å². The number of carbonyl (C=O) groups is 2. The third kappa shape index (κ3) is 4.81. The van der Waals surface area contributed by atoms with Crippen molar-refractivity contribution in [1.29, 1.82) is 0 Å². The highest BCUT2D eigenvalue weighted by Gasteiger charge is 2.51. The summed E-state index contributed by atoms with van der Waals surface area (Å²) in [6.07, 6.45) is 6.75. The van der Waals surface area contributed by atoms with E-state index in [2.05, 4.69) is 34.6 Å². The fraction of sp³-hybridized carbons (Fsp3) is 0.900. The molecule has 0 saturated heterocycles. The lowest BCUT2D eigenvalue weighted by atomic mass is 9.54. The zero-order chi connectivity index (χ0) is 17.8. The molecule has 0 bridgehead atoms. The Labute approximate surface area is 142 Å². The molecule has 2 aliphatic rings. The number of esters is 1. The van der Waals surface area contributed by atoms with Crippen molar-refractivity contribution in [2.45, 2.75) is 80.1 Å². The summed E-state index contributed by atoms with van der Waals surface area (Å²) in [5.74, 6) is 1.94. The molecule has 0 aromatic carbocycles. The van der Waals surface area contributed by atoms with Gasteiger partial charge in [0.2, 0.25) is 0 Å². The smallest absolute Gasteiger partial charge is 0.309 e. The molecule has 0 aromatic rings. The van der Waals surface area contributed by atoms with Crippen molar-refractivity contribution in [3.8, 4) is 0 Å². The fourth-order valence-electron chi connectivity index (χ4n) is 4.09. The second kappa shape index (κ2) is 7.81. The Morgan fingerprint density at radius 3 is 2.04 bits per heavy atom. The average Bonchev–Trinajstić information content (AvgIpc) is 2.45. The second-order valence-electron chi connectivity index (χ2n) is 8.70. The number of ketones is 1. The van der Waals surface area contributed by atoms with E-state index in [1.807, 2.05) is 0 Å². The Balaban J connectivity index is 0.000000231. The van der Waals surface area contributed by atoms with Crippen LogP contribution in [0.15, 0.2) is 0 Å². The van der Waals surface area contributed by atoms with Gasteiger partial charge in [0.25, 0.3) is 0 Å². The predicted molar refractivity (Wildman–Crippen MR) is 94.1 cm³/mol. The summed E-state index contributed by atoms with van der Waals surface area (Å²) in [5.41, 5.74) is 0.678. The Hall–Kier alpha value is -0.860. The van der Waals surface area contributed by atoms with E-state index in [1.165, 1.54) is 26.4 Å². The topological polar surface area (TPSA) is 43.4 Å². The van der Waals surface area contributed by atoms with Crippen LogP contribution in [0.3, 0.4) is 0 Å². The van der Waals surface area contributed by atoms with Crippen molar-refractivity contribution in [2.75, 3.05) is 7.11 Å². The Bertz CT molecular complexity index is 423. The van der Waals surface area contributed by atoms with Gasteiger partial charge in [0.1, 0.15) is 5.78 Å².